The van der Waals surface area contributed by atoms with E-state index >= 15 is 0 Å². The Hall–Kier alpha value is -4.79. The summed E-state index contributed by atoms with van der Waals surface area (Å²) in [6.07, 6.45) is 1.91. The zero-order valence-electron chi connectivity index (χ0n) is 23.3. The number of carbonyl (C=O) groups is 2. The van der Waals surface area contributed by atoms with E-state index in [0.29, 0.717) is 28.0 Å². The van der Waals surface area contributed by atoms with Gasteiger partial charge in [-0.05, 0) is 72.1 Å². The maximum Gasteiger partial charge on any atom is 0.411 e. The maximum atomic E-state index is 11.7. The molecular weight excluding hydrogens is 589 g/mol. The first-order chi connectivity index (χ1) is 20.7. The normalized spacial score (nSPS) is 10.8. The minimum atomic E-state index is -1.21. The zero-order chi connectivity index (χ0) is 30.5. The number of hydrogen-bond donors (Lipinski definition) is 2. The number of aromatic carboxylic acids is 1. The number of aromatic nitrogens is 2. The Morgan fingerprint density at radius 3 is 2.21 bits per heavy atom. The van der Waals surface area contributed by atoms with Crippen LogP contribution in [0.5, 0.6) is 11.5 Å². The highest BCUT2D eigenvalue weighted by Crippen LogP contribution is 2.31. The first kappa shape index (κ1) is 29.7. The molecule has 0 aliphatic heterocycles. The van der Waals surface area contributed by atoms with Gasteiger partial charge in [-0.3, -0.25) is 5.32 Å². The van der Waals surface area contributed by atoms with Gasteiger partial charge in [0, 0.05) is 29.7 Å². The largest absolute Gasteiger partial charge is 0.478 e. The van der Waals surface area contributed by atoms with Crippen molar-refractivity contribution in [3.8, 4) is 33.9 Å². The third-order valence-corrected chi connectivity index (χ3v) is 7.34. The Morgan fingerprint density at radius 2 is 1.58 bits per heavy atom. The van der Waals surface area contributed by atoms with Crippen molar-refractivity contribution >= 4 is 41.0 Å². The summed E-state index contributed by atoms with van der Waals surface area (Å²) in [5.41, 5.74) is 4.80. The van der Waals surface area contributed by atoms with E-state index in [9.17, 15) is 14.7 Å². The number of carboxylic acid groups (broad SMARTS) is 1. The Labute approximate surface area is 258 Å². The van der Waals surface area contributed by atoms with Crippen LogP contribution in [0, 0.1) is 0 Å². The average molecular weight is 617 g/mol. The molecule has 0 aliphatic rings. The number of methoxy groups -OCH3 is 1. The number of imidazole rings is 1. The Kier molecular flexibility index (Phi) is 8.99. The number of amides is 1. The fraction of sp³-hybridized carbons (Fsp3) is 0.121. The van der Waals surface area contributed by atoms with E-state index in [4.69, 9.17) is 32.9 Å². The second-order valence-electron chi connectivity index (χ2n) is 9.58. The molecule has 4 aromatic carbocycles. The third-order valence-electron chi connectivity index (χ3n) is 6.79. The maximum absolute atomic E-state index is 11.7. The molecule has 43 heavy (non-hydrogen) atoms. The molecule has 1 heterocycles. The fourth-order valence-electron chi connectivity index (χ4n) is 4.58. The van der Waals surface area contributed by atoms with Crippen LogP contribution in [0.4, 0.5) is 10.5 Å². The molecule has 218 valence electrons. The number of carbonyl (C=O) groups excluding carboxylic acids is 1. The van der Waals surface area contributed by atoms with Gasteiger partial charge >= 0.3 is 12.1 Å². The molecule has 5 rings (SSSR count). The van der Waals surface area contributed by atoms with Crippen molar-refractivity contribution in [3.05, 3.63) is 118 Å². The van der Waals surface area contributed by atoms with Gasteiger partial charge in [0.15, 0.2) is 0 Å². The summed E-state index contributed by atoms with van der Waals surface area (Å²) in [5.74, 6) is 0.587. The number of hydrogen-bond acceptors (Lipinski definition) is 5. The van der Waals surface area contributed by atoms with Crippen LogP contribution < -0.4 is 10.1 Å². The van der Waals surface area contributed by atoms with Gasteiger partial charge in [-0.15, -0.1) is 0 Å². The van der Waals surface area contributed by atoms with Gasteiger partial charge < -0.3 is 19.1 Å². The second kappa shape index (κ2) is 13.0. The summed E-state index contributed by atoms with van der Waals surface area (Å²) in [6, 6.07) is 25.6. The van der Waals surface area contributed by atoms with E-state index in [-0.39, 0.29) is 11.3 Å². The van der Waals surface area contributed by atoms with E-state index < -0.39 is 12.1 Å². The monoisotopic (exact) mass is 615 g/mol. The minimum absolute atomic E-state index is 0.107. The lowest BCUT2D eigenvalue weighted by Crippen LogP contribution is -2.14. The summed E-state index contributed by atoms with van der Waals surface area (Å²) >= 11 is 12.5. The quantitative estimate of drug-likeness (QED) is 0.172. The first-order valence-corrected chi connectivity index (χ1v) is 14.1. The van der Waals surface area contributed by atoms with Gasteiger partial charge in [0.2, 0.25) is 0 Å². The molecule has 1 amide bonds. The highest BCUT2D eigenvalue weighted by Gasteiger charge is 2.15. The van der Waals surface area contributed by atoms with Gasteiger partial charge in [0.05, 0.1) is 29.1 Å². The van der Waals surface area contributed by atoms with Gasteiger partial charge in [-0.1, -0.05) is 59.6 Å². The molecule has 0 bridgehead atoms. The summed E-state index contributed by atoms with van der Waals surface area (Å²) in [6.45, 7) is 2.86. The number of ether oxygens (including phenoxy) is 2. The van der Waals surface area contributed by atoms with Crippen molar-refractivity contribution in [1.82, 2.24) is 9.55 Å². The topological polar surface area (TPSA) is 103 Å². The summed E-state index contributed by atoms with van der Waals surface area (Å²) in [5, 5.41) is 13.1. The summed E-state index contributed by atoms with van der Waals surface area (Å²) < 4.78 is 12.5. The molecule has 0 unspecified atom stereocenters. The zero-order valence-corrected chi connectivity index (χ0v) is 24.8. The van der Waals surface area contributed by atoms with E-state index in [1.54, 1.807) is 12.1 Å². The predicted octanol–water partition coefficient (Wildman–Crippen LogP) is 8.80. The molecule has 0 saturated heterocycles. The van der Waals surface area contributed by atoms with Gasteiger partial charge in [-0.25, -0.2) is 14.6 Å². The molecule has 2 N–H and O–H groups in total. The molecule has 0 radical (unpaired) electrons. The van der Waals surface area contributed by atoms with Crippen LogP contribution >= 0.6 is 23.2 Å². The van der Waals surface area contributed by atoms with Crippen LogP contribution in [0.2, 0.25) is 10.0 Å². The van der Waals surface area contributed by atoms with Crippen molar-refractivity contribution in [2.75, 3.05) is 12.4 Å². The van der Waals surface area contributed by atoms with Crippen molar-refractivity contribution < 1.29 is 24.2 Å². The smallest absolute Gasteiger partial charge is 0.411 e. The number of anilines is 1. The number of nitrogens with one attached hydrogen (secondary N) is 1. The van der Waals surface area contributed by atoms with Crippen LogP contribution in [-0.4, -0.2) is 33.8 Å². The van der Waals surface area contributed by atoms with E-state index in [0.717, 1.165) is 40.3 Å². The molecule has 0 atom stereocenters. The highest BCUT2D eigenvalue weighted by molar-refractivity contribution is 6.36. The predicted molar refractivity (Wildman–Crippen MR) is 168 cm³/mol. The number of carboxylic acids is 1. The first-order valence-electron chi connectivity index (χ1n) is 13.3. The molecule has 0 fully saturated rings. The van der Waals surface area contributed by atoms with Crippen LogP contribution in [0.1, 0.15) is 28.7 Å². The van der Waals surface area contributed by atoms with Crippen LogP contribution in [0.3, 0.4) is 0 Å². The molecule has 1 aromatic heterocycles. The van der Waals surface area contributed by atoms with E-state index in [1.807, 2.05) is 42.6 Å². The van der Waals surface area contributed by atoms with Crippen molar-refractivity contribution in [2.24, 2.45) is 0 Å². The summed E-state index contributed by atoms with van der Waals surface area (Å²) in [4.78, 5) is 28.0. The average Bonchev–Trinajstić information content (AvgIpc) is 3.40. The summed E-state index contributed by atoms with van der Waals surface area (Å²) in [7, 11) is 1.20. The third kappa shape index (κ3) is 6.99. The van der Waals surface area contributed by atoms with Crippen molar-refractivity contribution in [2.45, 2.75) is 19.9 Å². The highest BCUT2D eigenvalue weighted by atomic mass is 35.5. The Bertz CT molecular complexity index is 1780. The number of aryl methyl sites for hydroxylation is 1. The van der Waals surface area contributed by atoms with Crippen LogP contribution in [-0.2, 0) is 17.7 Å². The Morgan fingerprint density at radius 1 is 0.907 bits per heavy atom. The standard InChI is InChI=1S/C33H27Cl2N3O5/c1-3-38-19-30(26-14-10-23(34)17-28(26)35)36-31(38)16-20-4-6-21(7-5-20)22-8-11-24(12-9-22)43-25-13-15-29(37-33(41)42-2)27(18-25)32(39)40/h4-15,17-19H,3,16H2,1-2H3,(H,37,41)(H,39,40). The molecule has 0 saturated carbocycles. The SMILES string of the molecule is CCn1cc(-c2ccc(Cl)cc2Cl)nc1Cc1ccc(-c2ccc(Oc3ccc(NC(=O)OC)c(C(=O)O)c3)cc2)cc1. The number of nitrogens with zero attached hydrogens (tertiary/aromatic N) is 2. The Balaban J connectivity index is 1.27. The number of rotatable bonds is 9. The van der Waals surface area contributed by atoms with Gasteiger partial charge in [0.25, 0.3) is 0 Å². The molecule has 10 heteroatoms. The second-order valence-corrected chi connectivity index (χ2v) is 10.4. The van der Waals surface area contributed by atoms with E-state index in [1.165, 1.54) is 19.2 Å². The number of halogens is 2. The lowest BCUT2D eigenvalue weighted by Gasteiger charge is -2.11. The minimum Gasteiger partial charge on any atom is -0.478 e. The van der Waals surface area contributed by atoms with Gasteiger partial charge in [-0.2, -0.15) is 0 Å². The molecule has 8 nitrogen and oxygen atoms in total. The van der Waals surface area contributed by atoms with Crippen molar-refractivity contribution in [1.29, 1.82) is 0 Å². The lowest BCUT2D eigenvalue weighted by molar-refractivity contribution is 0.0697. The lowest BCUT2D eigenvalue weighted by atomic mass is 10.0. The van der Waals surface area contributed by atoms with Crippen LogP contribution in [0.15, 0.2) is 91.1 Å². The molecule has 5 aromatic rings. The molecule has 0 spiro atoms. The van der Waals surface area contributed by atoms with Crippen LogP contribution in [0.25, 0.3) is 22.4 Å². The molecular formula is C33H27Cl2N3O5. The fourth-order valence-corrected chi connectivity index (χ4v) is 5.08. The van der Waals surface area contributed by atoms with E-state index in [2.05, 4.69) is 45.8 Å². The van der Waals surface area contributed by atoms with Crippen molar-refractivity contribution in [3.63, 3.8) is 0 Å². The molecule has 0 aliphatic carbocycles. The number of benzene rings is 4. The van der Waals surface area contributed by atoms with Gasteiger partial charge in [0.1, 0.15) is 17.3 Å².